The Labute approximate surface area is 188 Å². The number of anilines is 1. The van der Waals surface area contributed by atoms with E-state index in [-0.39, 0.29) is 16.9 Å². The number of ketones is 1. The van der Waals surface area contributed by atoms with E-state index in [9.17, 15) is 14.7 Å². The average Bonchev–Trinajstić information content (AvgIpc) is 3.34. The molecule has 1 aliphatic heterocycles. The highest BCUT2D eigenvalue weighted by Gasteiger charge is 2.48. The molecule has 7 nitrogen and oxygen atoms in total. The summed E-state index contributed by atoms with van der Waals surface area (Å²) in [5.41, 5.74) is 0.794. The first-order chi connectivity index (χ1) is 15.3. The van der Waals surface area contributed by atoms with Crippen molar-refractivity contribution >= 4 is 34.7 Å². The molecule has 0 bridgehead atoms. The van der Waals surface area contributed by atoms with Crippen LogP contribution in [0.2, 0.25) is 5.02 Å². The van der Waals surface area contributed by atoms with Crippen molar-refractivity contribution in [3.05, 3.63) is 87.8 Å². The van der Waals surface area contributed by atoms with Crippen molar-refractivity contribution in [2.75, 3.05) is 12.0 Å². The number of hydrogen-bond donors (Lipinski definition) is 1. The van der Waals surface area contributed by atoms with Crippen LogP contribution in [0.25, 0.3) is 5.76 Å². The van der Waals surface area contributed by atoms with Gasteiger partial charge in [-0.1, -0.05) is 11.6 Å². The van der Waals surface area contributed by atoms with Crippen LogP contribution in [0.1, 0.15) is 28.7 Å². The van der Waals surface area contributed by atoms with Gasteiger partial charge in [-0.05, 0) is 61.5 Å². The van der Waals surface area contributed by atoms with Crippen molar-refractivity contribution in [2.45, 2.75) is 13.0 Å². The van der Waals surface area contributed by atoms with Gasteiger partial charge in [-0.15, -0.1) is 0 Å². The summed E-state index contributed by atoms with van der Waals surface area (Å²) in [7, 11) is 1.42. The Hall–Kier alpha value is -4.02. The van der Waals surface area contributed by atoms with Gasteiger partial charge in [0.2, 0.25) is 0 Å². The van der Waals surface area contributed by atoms with Gasteiger partial charge in [-0.2, -0.15) is 5.26 Å². The number of benzene rings is 2. The second-order valence-corrected chi connectivity index (χ2v) is 7.56. The van der Waals surface area contributed by atoms with Gasteiger partial charge < -0.3 is 14.3 Å². The van der Waals surface area contributed by atoms with Gasteiger partial charge >= 0.3 is 0 Å². The first-order valence-corrected chi connectivity index (χ1v) is 9.95. The largest absolute Gasteiger partial charge is 0.507 e. The average molecular weight is 449 g/mol. The van der Waals surface area contributed by atoms with Gasteiger partial charge in [0, 0.05) is 10.7 Å². The topological polar surface area (TPSA) is 104 Å². The molecule has 0 radical (unpaired) electrons. The zero-order valence-corrected chi connectivity index (χ0v) is 17.9. The van der Waals surface area contributed by atoms with Crippen molar-refractivity contribution in [3.63, 3.8) is 0 Å². The molecule has 8 heteroatoms. The van der Waals surface area contributed by atoms with Gasteiger partial charge in [-0.25, -0.2) is 0 Å². The van der Waals surface area contributed by atoms with E-state index in [2.05, 4.69) is 0 Å². The molecule has 2 aromatic carbocycles. The van der Waals surface area contributed by atoms with Crippen molar-refractivity contribution in [1.29, 1.82) is 5.26 Å². The molecule has 1 aromatic heterocycles. The summed E-state index contributed by atoms with van der Waals surface area (Å²) in [5, 5.41) is 20.6. The van der Waals surface area contributed by atoms with E-state index in [1.807, 2.05) is 6.07 Å². The van der Waals surface area contributed by atoms with E-state index in [0.717, 1.165) is 0 Å². The minimum Gasteiger partial charge on any atom is -0.507 e. The van der Waals surface area contributed by atoms with E-state index >= 15 is 0 Å². The third kappa shape index (κ3) is 3.51. The minimum atomic E-state index is -1.03. The molecule has 1 unspecified atom stereocenters. The molecule has 2 heterocycles. The lowest BCUT2D eigenvalue weighted by Gasteiger charge is -2.23. The molecular formula is C24H17ClN2O5. The Morgan fingerprint density at radius 3 is 2.47 bits per heavy atom. The number of aliphatic hydroxyl groups is 1. The lowest BCUT2D eigenvalue weighted by atomic mass is 9.98. The van der Waals surface area contributed by atoms with Gasteiger partial charge in [0.25, 0.3) is 11.7 Å². The Balaban J connectivity index is 1.96. The van der Waals surface area contributed by atoms with Crippen LogP contribution in [-0.4, -0.2) is 23.9 Å². The van der Waals surface area contributed by atoms with Crippen LogP contribution in [0.3, 0.4) is 0 Å². The van der Waals surface area contributed by atoms with Crippen LogP contribution in [0.5, 0.6) is 5.75 Å². The Bertz CT molecular complexity index is 1300. The highest BCUT2D eigenvalue weighted by molar-refractivity contribution is 6.51. The zero-order valence-electron chi connectivity index (χ0n) is 17.1. The number of nitriles is 1. The number of hydrogen-bond acceptors (Lipinski definition) is 6. The fraction of sp³-hybridized carbons (Fsp3) is 0.125. The number of carbonyl (C=O) groups is 2. The molecule has 32 heavy (non-hydrogen) atoms. The fourth-order valence-corrected chi connectivity index (χ4v) is 3.85. The predicted molar refractivity (Wildman–Crippen MR) is 117 cm³/mol. The molecule has 160 valence electrons. The standard InChI is InChI=1S/C24H17ClN2O5/c1-13-3-9-19(32-13)21-20(22(28)17-11-15(25)6-10-18(17)31-2)23(29)24(30)27(21)16-7-4-14(12-26)5-8-16/h3-11,21,28H,1-2H3/b22-20+. The number of halogens is 1. The number of nitrogens with zero attached hydrogens (tertiary/aromatic N) is 2. The summed E-state index contributed by atoms with van der Waals surface area (Å²) in [4.78, 5) is 27.5. The second-order valence-electron chi connectivity index (χ2n) is 7.12. The number of amides is 1. The summed E-state index contributed by atoms with van der Waals surface area (Å²) in [6.07, 6.45) is 0. The molecule has 1 fully saturated rings. The molecule has 1 N–H and O–H groups in total. The quantitative estimate of drug-likeness (QED) is 0.351. The summed E-state index contributed by atoms with van der Waals surface area (Å²) < 4.78 is 11.1. The molecule has 0 spiro atoms. The third-order valence-electron chi connectivity index (χ3n) is 5.17. The van der Waals surface area contributed by atoms with Crippen molar-refractivity contribution in [2.24, 2.45) is 0 Å². The number of ether oxygens (including phenoxy) is 1. The molecule has 0 aliphatic carbocycles. The monoisotopic (exact) mass is 448 g/mol. The molecule has 1 amide bonds. The molecule has 4 rings (SSSR count). The van der Waals surface area contributed by atoms with E-state index in [0.29, 0.717) is 27.8 Å². The number of aliphatic hydroxyl groups excluding tert-OH is 1. The number of aryl methyl sites for hydroxylation is 1. The van der Waals surface area contributed by atoms with Crippen molar-refractivity contribution in [1.82, 2.24) is 0 Å². The Morgan fingerprint density at radius 2 is 1.88 bits per heavy atom. The van der Waals surface area contributed by atoms with E-state index < -0.39 is 23.5 Å². The Morgan fingerprint density at radius 1 is 1.16 bits per heavy atom. The number of carbonyl (C=O) groups excluding carboxylic acids is 2. The highest BCUT2D eigenvalue weighted by Crippen LogP contribution is 2.44. The summed E-state index contributed by atoms with van der Waals surface area (Å²) in [6, 6.07) is 15.1. The Kier molecular flexibility index (Phi) is 5.47. The van der Waals surface area contributed by atoms with Crippen LogP contribution in [-0.2, 0) is 9.59 Å². The van der Waals surface area contributed by atoms with Crippen LogP contribution in [0, 0.1) is 18.3 Å². The molecule has 1 saturated heterocycles. The summed E-state index contributed by atoms with van der Waals surface area (Å²) in [5.74, 6) is -0.993. The molecule has 1 aliphatic rings. The maximum absolute atomic E-state index is 13.1. The maximum Gasteiger partial charge on any atom is 0.300 e. The maximum atomic E-state index is 13.1. The summed E-state index contributed by atoms with van der Waals surface area (Å²) >= 11 is 6.10. The normalized spacial score (nSPS) is 17.4. The molecule has 3 aromatic rings. The number of Topliss-reactive ketones (excluding diaryl/α,β-unsaturated/α-hetero) is 1. The lowest BCUT2D eigenvalue weighted by molar-refractivity contribution is -0.132. The van der Waals surface area contributed by atoms with E-state index in [1.165, 1.54) is 18.1 Å². The van der Waals surface area contributed by atoms with Gasteiger partial charge in [0.05, 0.1) is 29.9 Å². The predicted octanol–water partition coefficient (Wildman–Crippen LogP) is 4.75. The van der Waals surface area contributed by atoms with Crippen molar-refractivity contribution < 1.29 is 23.8 Å². The van der Waals surface area contributed by atoms with E-state index in [4.69, 9.17) is 26.0 Å². The van der Waals surface area contributed by atoms with Crippen LogP contribution < -0.4 is 9.64 Å². The smallest absolute Gasteiger partial charge is 0.300 e. The first-order valence-electron chi connectivity index (χ1n) is 9.57. The van der Waals surface area contributed by atoms with Crippen LogP contribution >= 0.6 is 11.6 Å². The first kappa shape index (κ1) is 21.2. The van der Waals surface area contributed by atoms with Gasteiger partial charge in [0.15, 0.2) is 0 Å². The van der Waals surface area contributed by atoms with Gasteiger partial charge in [0.1, 0.15) is 29.1 Å². The second kappa shape index (κ2) is 8.25. The van der Waals surface area contributed by atoms with Crippen LogP contribution in [0.15, 0.2) is 64.6 Å². The lowest BCUT2D eigenvalue weighted by Crippen LogP contribution is -2.29. The SMILES string of the molecule is COc1ccc(Cl)cc1/C(O)=C1\C(=O)C(=O)N(c2ccc(C#N)cc2)C1c1ccc(C)o1. The van der Waals surface area contributed by atoms with Gasteiger partial charge in [-0.3, -0.25) is 14.5 Å². The fourth-order valence-electron chi connectivity index (χ4n) is 3.68. The number of methoxy groups -OCH3 is 1. The van der Waals surface area contributed by atoms with Crippen LogP contribution in [0.4, 0.5) is 5.69 Å². The zero-order chi connectivity index (χ0) is 23.0. The number of furan rings is 1. The molecule has 0 saturated carbocycles. The molecule has 1 atom stereocenters. The highest BCUT2D eigenvalue weighted by atomic mass is 35.5. The minimum absolute atomic E-state index is 0.158. The third-order valence-corrected chi connectivity index (χ3v) is 5.40. The summed E-state index contributed by atoms with van der Waals surface area (Å²) in [6.45, 7) is 1.73. The van der Waals surface area contributed by atoms with Crippen molar-refractivity contribution in [3.8, 4) is 11.8 Å². The molecular weight excluding hydrogens is 432 g/mol. The van der Waals surface area contributed by atoms with E-state index in [1.54, 1.807) is 55.5 Å². The number of rotatable bonds is 4.